The van der Waals surface area contributed by atoms with Gasteiger partial charge in [0.2, 0.25) is 0 Å². The fourth-order valence-electron chi connectivity index (χ4n) is 6.38. The van der Waals surface area contributed by atoms with Crippen molar-refractivity contribution in [1.82, 2.24) is 20.9 Å². The third kappa shape index (κ3) is 13.0. The van der Waals surface area contributed by atoms with Gasteiger partial charge in [0.05, 0.1) is 16.7 Å². The summed E-state index contributed by atoms with van der Waals surface area (Å²) in [7, 11) is 0. The number of hydrogen-bond acceptors (Lipinski definition) is 7. The van der Waals surface area contributed by atoms with Crippen molar-refractivity contribution in [2.24, 2.45) is 0 Å². The second-order valence-electron chi connectivity index (χ2n) is 22.1. The van der Waals surface area contributed by atoms with Gasteiger partial charge < -0.3 is 31.3 Å². The summed E-state index contributed by atoms with van der Waals surface area (Å²) in [6.07, 6.45) is 0. The minimum atomic E-state index is -0.563. The maximum atomic E-state index is 13.7. The molecule has 0 fully saturated rings. The lowest BCUT2D eigenvalue weighted by molar-refractivity contribution is 0.0906. The molecule has 0 aliphatic rings. The fourth-order valence-corrected chi connectivity index (χ4v) is 6.38. The molecule has 0 spiro atoms. The zero-order valence-electron chi connectivity index (χ0n) is 38.6. The van der Waals surface area contributed by atoms with E-state index >= 15 is 0 Å². The number of carbonyl (C=O) groups is 3. The summed E-state index contributed by atoms with van der Waals surface area (Å²) in [6.45, 7) is 35.4. The highest BCUT2D eigenvalue weighted by Crippen LogP contribution is 2.38. The number of aromatic hydroxyl groups is 3. The molecule has 0 atom stereocenters. The quantitative estimate of drug-likeness (QED) is 0.126. The highest BCUT2D eigenvalue weighted by Gasteiger charge is 2.30. The van der Waals surface area contributed by atoms with E-state index in [-0.39, 0.29) is 53.6 Å². The third-order valence-electron chi connectivity index (χ3n) is 9.55. The molecule has 0 saturated heterocycles. The van der Waals surface area contributed by atoms with E-state index < -0.39 is 50.6 Å². The summed E-state index contributed by atoms with van der Waals surface area (Å²) < 4.78 is 0. The minimum absolute atomic E-state index is 0.0664. The van der Waals surface area contributed by atoms with Gasteiger partial charge in [-0.1, -0.05) is 80.5 Å². The maximum absolute atomic E-state index is 13.7. The Kier molecular flexibility index (Phi) is 13.7. The smallest absolute Gasteiger partial charge is 0.255 e. The summed E-state index contributed by atoms with van der Waals surface area (Å²) in [5.41, 5.74) is 1.40. The Labute approximate surface area is 348 Å². The van der Waals surface area contributed by atoms with Gasteiger partial charge in [0, 0.05) is 52.9 Å². The standard InChI is InChI=1S/C48H72N4O6/c1-43(2,3)31-19-28(37(53)34(22-31)40(56)49-46(10,11)12)25-52(26-29-20-32(44(4,5)6)23-35(38(29)54)41(57)50-47(13,14)15)27-30-21-33(45(7,8)9)24-36(39(30)55)42(58)51-48(16,17)18/h19-24,53-55H,25-27H2,1-18H3,(H,49,56)(H,50,57)(H,51,58). The first kappa shape index (κ1) is 47.8. The molecular formula is C48H72N4O6. The highest BCUT2D eigenvalue weighted by atomic mass is 16.3. The SMILES string of the molecule is CC(C)(C)NC(=O)c1cc(C(C)(C)C)cc(CN(Cc2cc(C(C)(C)C)cc(C(=O)NC(C)(C)C)c2O)Cc2cc(C(C)(C)C)cc(C(=O)NC(C)(C)C)c2O)c1O. The summed E-state index contributed by atoms with van der Waals surface area (Å²) in [4.78, 5) is 43.1. The van der Waals surface area contributed by atoms with Gasteiger partial charge in [-0.05, 0) is 113 Å². The number of hydrogen-bond donors (Lipinski definition) is 6. The van der Waals surface area contributed by atoms with E-state index in [2.05, 4.69) is 16.0 Å². The first-order chi connectivity index (χ1) is 26.0. The second kappa shape index (κ2) is 16.6. The topological polar surface area (TPSA) is 151 Å². The van der Waals surface area contributed by atoms with Crippen LogP contribution in [0, 0.1) is 0 Å². The molecule has 0 aromatic heterocycles. The first-order valence-corrected chi connectivity index (χ1v) is 20.3. The van der Waals surface area contributed by atoms with Crippen LogP contribution in [-0.2, 0) is 35.9 Å². The molecule has 0 heterocycles. The Morgan fingerprint density at radius 2 is 0.621 bits per heavy atom. The number of rotatable bonds is 9. The fraction of sp³-hybridized carbons (Fsp3) is 0.562. The van der Waals surface area contributed by atoms with E-state index in [1.54, 1.807) is 18.2 Å². The molecule has 3 amide bonds. The van der Waals surface area contributed by atoms with Gasteiger partial charge in [0.15, 0.2) is 0 Å². The van der Waals surface area contributed by atoms with Crippen LogP contribution in [-0.4, -0.2) is 54.6 Å². The van der Waals surface area contributed by atoms with E-state index in [9.17, 15) is 29.7 Å². The first-order valence-electron chi connectivity index (χ1n) is 20.3. The van der Waals surface area contributed by atoms with Crippen LogP contribution in [0.1, 0.15) is 189 Å². The van der Waals surface area contributed by atoms with Gasteiger partial charge >= 0.3 is 0 Å². The van der Waals surface area contributed by atoms with E-state index in [1.165, 1.54) is 0 Å². The molecule has 0 aliphatic heterocycles. The van der Waals surface area contributed by atoms with Crippen LogP contribution < -0.4 is 16.0 Å². The lowest BCUT2D eigenvalue weighted by Crippen LogP contribution is -2.41. The number of carbonyl (C=O) groups excluding carboxylic acids is 3. The van der Waals surface area contributed by atoms with Gasteiger partial charge in [-0.3, -0.25) is 19.3 Å². The number of nitrogens with zero attached hydrogens (tertiary/aromatic N) is 1. The largest absolute Gasteiger partial charge is 0.507 e. The number of benzene rings is 3. The van der Waals surface area contributed by atoms with Crippen LogP contribution in [0.2, 0.25) is 0 Å². The normalized spacial score (nSPS) is 13.1. The average molecular weight is 801 g/mol. The third-order valence-corrected chi connectivity index (χ3v) is 9.55. The molecule has 3 aromatic carbocycles. The van der Waals surface area contributed by atoms with Crippen molar-refractivity contribution in [2.45, 2.75) is 177 Å². The number of phenols is 3. The summed E-state index contributed by atoms with van der Waals surface area (Å²) >= 11 is 0. The molecule has 0 bridgehead atoms. The van der Waals surface area contributed by atoms with E-state index in [1.807, 2.05) is 148 Å². The van der Waals surface area contributed by atoms with Gasteiger partial charge in [0.1, 0.15) is 17.2 Å². The van der Waals surface area contributed by atoms with Crippen molar-refractivity contribution in [3.63, 3.8) is 0 Å². The zero-order chi connectivity index (χ0) is 44.7. The van der Waals surface area contributed by atoms with Gasteiger partial charge in [-0.25, -0.2) is 0 Å². The highest BCUT2D eigenvalue weighted by molar-refractivity contribution is 5.99. The van der Waals surface area contributed by atoms with E-state index in [0.717, 1.165) is 16.7 Å². The molecule has 3 rings (SSSR count). The minimum Gasteiger partial charge on any atom is -0.507 e. The summed E-state index contributed by atoms with van der Waals surface area (Å²) in [5, 5.41) is 44.6. The van der Waals surface area contributed by atoms with Crippen LogP contribution in [0.15, 0.2) is 36.4 Å². The van der Waals surface area contributed by atoms with Crippen LogP contribution in [0.3, 0.4) is 0 Å². The predicted octanol–water partition coefficient (Wildman–Crippen LogP) is 9.48. The van der Waals surface area contributed by atoms with Crippen LogP contribution in [0.4, 0.5) is 0 Å². The molecule has 0 saturated carbocycles. The Morgan fingerprint density at radius 3 is 0.793 bits per heavy atom. The molecule has 0 radical (unpaired) electrons. The molecule has 320 valence electrons. The van der Waals surface area contributed by atoms with Crippen LogP contribution >= 0.6 is 0 Å². The predicted molar refractivity (Wildman–Crippen MR) is 235 cm³/mol. The molecule has 3 aromatic rings. The monoisotopic (exact) mass is 801 g/mol. The molecule has 58 heavy (non-hydrogen) atoms. The Hall–Kier alpha value is -4.57. The Balaban J connectivity index is 2.40. The molecule has 10 heteroatoms. The van der Waals surface area contributed by atoms with Crippen LogP contribution in [0.25, 0.3) is 0 Å². The van der Waals surface area contributed by atoms with E-state index in [4.69, 9.17) is 0 Å². The number of amides is 3. The van der Waals surface area contributed by atoms with Gasteiger partial charge in [0.25, 0.3) is 17.7 Å². The maximum Gasteiger partial charge on any atom is 0.255 e. The van der Waals surface area contributed by atoms with Crippen molar-refractivity contribution in [3.05, 3.63) is 86.5 Å². The van der Waals surface area contributed by atoms with Crippen molar-refractivity contribution < 1.29 is 29.7 Å². The van der Waals surface area contributed by atoms with Crippen LogP contribution in [0.5, 0.6) is 17.2 Å². The van der Waals surface area contributed by atoms with Crippen molar-refractivity contribution in [1.29, 1.82) is 0 Å². The molecule has 0 aliphatic carbocycles. The molecule has 6 N–H and O–H groups in total. The summed E-state index contributed by atoms with van der Waals surface area (Å²) in [6, 6.07) is 10.8. The second-order valence-corrected chi connectivity index (χ2v) is 22.1. The Bertz CT molecular complexity index is 1790. The van der Waals surface area contributed by atoms with E-state index in [0.29, 0.717) is 16.7 Å². The van der Waals surface area contributed by atoms with Gasteiger partial charge in [-0.15, -0.1) is 0 Å². The number of phenolic OH excluding ortho intramolecular Hbond substituents is 3. The molecule has 0 unspecified atom stereocenters. The molecular weight excluding hydrogens is 729 g/mol. The van der Waals surface area contributed by atoms with Crippen molar-refractivity contribution in [2.75, 3.05) is 0 Å². The van der Waals surface area contributed by atoms with Gasteiger partial charge in [-0.2, -0.15) is 0 Å². The summed E-state index contributed by atoms with van der Waals surface area (Å²) in [5.74, 6) is -1.81. The lowest BCUT2D eigenvalue weighted by atomic mass is 9.83. The number of nitrogens with one attached hydrogen (secondary N) is 3. The average Bonchev–Trinajstić information content (AvgIpc) is 2.99. The van der Waals surface area contributed by atoms with Crippen molar-refractivity contribution >= 4 is 17.7 Å². The van der Waals surface area contributed by atoms with Crippen molar-refractivity contribution in [3.8, 4) is 17.2 Å². The lowest BCUT2D eigenvalue weighted by Gasteiger charge is -2.30. The molecule has 10 nitrogen and oxygen atoms in total. The Morgan fingerprint density at radius 1 is 0.414 bits per heavy atom. The zero-order valence-corrected chi connectivity index (χ0v) is 38.6.